The van der Waals surface area contributed by atoms with E-state index < -0.39 is 0 Å². The van der Waals surface area contributed by atoms with Crippen molar-refractivity contribution in [3.63, 3.8) is 0 Å². The van der Waals surface area contributed by atoms with Crippen molar-refractivity contribution < 1.29 is 4.79 Å². The number of amides is 1. The lowest BCUT2D eigenvalue weighted by molar-refractivity contribution is -0.121. The Morgan fingerprint density at radius 2 is 1.50 bits per heavy atom. The van der Waals surface area contributed by atoms with Crippen LogP contribution < -0.4 is 5.32 Å². The van der Waals surface area contributed by atoms with Crippen molar-refractivity contribution in [1.29, 1.82) is 0 Å². The molecule has 3 aromatic carbocycles. The van der Waals surface area contributed by atoms with Crippen LogP contribution in [0.1, 0.15) is 41.0 Å². The molecule has 0 unspecified atom stereocenters. The van der Waals surface area contributed by atoms with Crippen LogP contribution in [0.5, 0.6) is 0 Å². The lowest BCUT2D eigenvalue weighted by Gasteiger charge is -2.25. The molecule has 1 amide bonds. The van der Waals surface area contributed by atoms with E-state index in [2.05, 4.69) is 95.3 Å². The number of fused-ring (bicyclic) bond motifs is 1. The van der Waals surface area contributed by atoms with E-state index in [0.29, 0.717) is 13.0 Å². The van der Waals surface area contributed by atoms with Gasteiger partial charge in [-0.05, 0) is 41.0 Å². The molecule has 0 aromatic heterocycles. The van der Waals surface area contributed by atoms with Gasteiger partial charge in [0.05, 0.1) is 0 Å². The molecule has 1 heterocycles. The second-order valence-corrected chi connectivity index (χ2v) is 7.75. The van der Waals surface area contributed by atoms with E-state index in [1.165, 1.54) is 22.3 Å². The maximum Gasteiger partial charge on any atom is 0.221 e. The van der Waals surface area contributed by atoms with E-state index in [1.54, 1.807) is 0 Å². The molecule has 0 fully saturated rings. The van der Waals surface area contributed by atoms with Crippen LogP contribution in [0.15, 0.2) is 91.1 Å². The molecule has 3 heteroatoms. The Labute approximate surface area is 179 Å². The summed E-state index contributed by atoms with van der Waals surface area (Å²) in [7, 11) is 0. The molecule has 1 N–H and O–H groups in total. The summed E-state index contributed by atoms with van der Waals surface area (Å²) in [6, 6.07) is 29.5. The maximum atomic E-state index is 12.4. The Bertz CT molecular complexity index is 943. The number of hydrogen-bond donors (Lipinski definition) is 1. The first-order chi connectivity index (χ1) is 14.8. The molecule has 30 heavy (non-hydrogen) atoms. The summed E-state index contributed by atoms with van der Waals surface area (Å²) in [5.41, 5.74) is 5.16. The Hall–Kier alpha value is -3.33. The van der Waals surface area contributed by atoms with E-state index in [4.69, 9.17) is 0 Å². The molecule has 4 rings (SSSR count). The third-order valence-corrected chi connectivity index (χ3v) is 5.68. The van der Waals surface area contributed by atoms with Gasteiger partial charge in [-0.2, -0.15) is 0 Å². The molecular weight excluding hydrogens is 368 g/mol. The third-order valence-electron chi connectivity index (χ3n) is 5.68. The van der Waals surface area contributed by atoms with E-state index in [9.17, 15) is 4.79 Å². The van der Waals surface area contributed by atoms with Crippen LogP contribution >= 0.6 is 0 Å². The van der Waals surface area contributed by atoms with Crippen molar-refractivity contribution in [1.82, 2.24) is 10.2 Å². The lowest BCUT2D eigenvalue weighted by atomic mass is 9.88. The molecule has 0 saturated carbocycles. The first-order valence-corrected chi connectivity index (χ1v) is 10.7. The summed E-state index contributed by atoms with van der Waals surface area (Å²) in [4.78, 5) is 14.6. The maximum absolute atomic E-state index is 12.4. The SMILES string of the molecule is O=C(CCN1C=Cc2ccccc2C1)NCCC(c1ccccc1)c1ccccc1. The zero-order valence-electron chi connectivity index (χ0n) is 17.2. The first-order valence-electron chi connectivity index (χ1n) is 10.7. The fourth-order valence-electron chi connectivity index (χ4n) is 4.04. The Kier molecular flexibility index (Phi) is 6.61. The standard InChI is InChI=1S/C27H28N2O/c30-27(17-20-29-19-16-22-9-7-8-14-25(22)21-29)28-18-15-26(23-10-3-1-4-11-23)24-12-5-2-6-13-24/h1-14,16,19,26H,15,17-18,20-21H2,(H,28,30). The fraction of sp³-hybridized carbons (Fsp3) is 0.222. The largest absolute Gasteiger partial charge is 0.373 e. The van der Waals surface area contributed by atoms with Crippen LogP contribution in [0.2, 0.25) is 0 Å². The number of carbonyl (C=O) groups is 1. The molecule has 0 spiro atoms. The van der Waals surface area contributed by atoms with Crippen LogP contribution in [0.4, 0.5) is 0 Å². The van der Waals surface area contributed by atoms with Crippen molar-refractivity contribution in [2.75, 3.05) is 13.1 Å². The van der Waals surface area contributed by atoms with E-state index in [-0.39, 0.29) is 11.8 Å². The van der Waals surface area contributed by atoms with Crippen molar-refractivity contribution in [3.8, 4) is 0 Å². The van der Waals surface area contributed by atoms with Crippen LogP contribution in [0, 0.1) is 0 Å². The summed E-state index contributed by atoms with van der Waals surface area (Å²) in [6.45, 7) is 2.27. The quantitative estimate of drug-likeness (QED) is 0.567. The molecule has 1 aliphatic heterocycles. The van der Waals surface area contributed by atoms with Gasteiger partial charge in [-0.3, -0.25) is 4.79 Å². The van der Waals surface area contributed by atoms with Gasteiger partial charge in [-0.25, -0.2) is 0 Å². The molecule has 0 atom stereocenters. The first kappa shape index (κ1) is 20.0. The number of hydrogen-bond acceptors (Lipinski definition) is 2. The predicted octanol–water partition coefficient (Wildman–Crippen LogP) is 5.20. The number of carbonyl (C=O) groups excluding carboxylic acids is 1. The lowest BCUT2D eigenvalue weighted by Crippen LogP contribution is -2.30. The summed E-state index contributed by atoms with van der Waals surface area (Å²) >= 11 is 0. The molecular formula is C27H28N2O. The monoisotopic (exact) mass is 396 g/mol. The fourth-order valence-corrected chi connectivity index (χ4v) is 4.04. The molecule has 152 valence electrons. The highest BCUT2D eigenvalue weighted by molar-refractivity contribution is 5.76. The van der Waals surface area contributed by atoms with Crippen LogP contribution in [-0.2, 0) is 11.3 Å². The smallest absolute Gasteiger partial charge is 0.221 e. The van der Waals surface area contributed by atoms with Gasteiger partial charge in [0, 0.05) is 32.0 Å². The highest BCUT2D eigenvalue weighted by atomic mass is 16.1. The van der Waals surface area contributed by atoms with Crippen molar-refractivity contribution in [2.45, 2.75) is 25.3 Å². The molecule has 3 nitrogen and oxygen atoms in total. The van der Waals surface area contributed by atoms with Crippen molar-refractivity contribution in [3.05, 3.63) is 113 Å². The van der Waals surface area contributed by atoms with Gasteiger partial charge < -0.3 is 10.2 Å². The predicted molar refractivity (Wildman–Crippen MR) is 123 cm³/mol. The summed E-state index contributed by atoms with van der Waals surface area (Å²) < 4.78 is 0. The van der Waals surface area contributed by atoms with Crippen LogP contribution in [0.3, 0.4) is 0 Å². The van der Waals surface area contributed by atoms with Gasteiger partial charge in [-0.1, -0.05) is 84.9 Å². The van der Waals surface area contributed by atoms with Gasteiger partial charge in [0.1, 0.15) is 0 Å². The van der Waals surface area contributed by atoms with E-state index >= 15 is 0 Å². The number of nitrogens with zero attached hydrogens (tertiary/aromatic N) is 1. The average molecular weight is 397 g/mol. The van der Waals surface area contributed by atoms with E-state index in [1.807, 2.05) is 12.1 Å². The van der Waals surface area contributed by atoms with Crippen LogP contribution in [0.25, 0.3) is 6.08 Å². The molecule has 0 aliphatic carbocycles. The van der Waals surface area contributed by atoms with Crippen molar-refractivity contribution in [2.24, 2.45) is 0 Å². The summed E-state index contributed by atoms with van der Waals surface area (Å²) in [5, 5.41) is 3.12. The second kappa shape index (κ2) is 9.93. The molecule has 0 bridgehead atoms. The minimum atomic E-state index is 0.113. The number of benzene rings is 3. The average Bonchev–Trinajstić information content (AvgIpc) is 2.81. The topological polar surface area (TPSA) is 32.3 Å². The second-order valence-electron chi connectivity index (χ2n) is 7.75. The normalized spacial score (nSPS) is 12.6. The minimum Gasteiger partial charge on any atom is -0.373 e. The van der Waals surface area contributed by atoms with Gasteiger partial charge in [0.25, 0.3) is 0 Å². The Morgan fingerprint density at radius 1 is 0.867 bits per heavy atom. The number of nitrogens with one attached hydrogen (secondary N) is 1. The van der Waals surface area contributed by atoms with Crippen molar-refractivity contribution >= 4 is 12.0 Å². The van der Waals surface area contributed by atoms with Gasteiger partial charge in [-0.15, -0.1) is 0 Å². The van der Waals surface area contributed by atoms with Gasteiger partial charge >= 0.3 is 0 Å². The highest BCUT2D eigenvalue weighted by Gasteiger charge is 2.15. The van der Waals surface area contributed by atoms with E-state index in [0.717, 1.165) is 19.5 Å². The summed E-state index contributed by atoms with van der Waals surface area (Å²) in [6.07, 6.45) is 5.61. The minimum absolute atomic E-state index is 0.113. The summed E-state index contributed by atoms with van der Waals surface area (Å²) in [5.74, 6) is 0.399. The molecule has 3 aromatic rings. The van der Waals surface area contributed by atoms with Crippen LogP contribution in [-0.4, -0.2) is 23.9 Å². The molecule has 0 radical (unpaired) electrons. The zero-order valence-corrected chi connectivity index (χ0v) is 17.2. The Balaban J connectivity index is 1.27. The third kappa shape index (κ3) is 5.18. The van der Waals surface area contributed by atoms with Gasteiger partial charge in [0.15, 0.2) is 0 Å². The zero-order chi connectivity index (χ0) is 20.6. The Morgan fingerprint density at radius 3 is 2.20 bits per heavy atom. The molecule has 0 saturated heterocycles. The number of rotatable bonds is 8. The highest BCUT2D eigenvalue weighted by Crippen LogP contribution is 2.27. The molecule has 1 aliphatic rings. The van der Waals surface area contributed by atoms with Gasteiger partial charge in [0.2, 0.25) is 5.91 Å².